The molecular formula is C18H16BFN6. The van der Waals surface area contributed by atoms with Crippen LogP contribution < -0.4 is 16.5 Å². The van der Waals surface area contributed by atoms with Crippen molar-refractivity contribution in [1.82, 2.24) is 19.6 Å². The summed E-state index contributed by atoms with van der Waals surface area (Å²) in [6, 6.07) is 12.1. The lowest BCUT2D eigenvalue weighted by Gasteiger charge is -2.12. The number of fused-ring (bicyclic) bond motifs is 1. The molecule has 0 saturated heterocycles. The fraction of sp³-hybridized carbons (Fsp3) is 0.0556. The van der Waals surface area contributed by atoms with Gasteiger partial charge in [-0.2, -0.15) is 9.61 Å². The van der Waals surface area contributed by atoms with Crippen molar-refractivity contribution in [2.45, 2.75) is 6.54 Å². The molecule has 8 heteroatoms. The highest BCUT2D eigenvalue weighted by Gasteiger charge is 2.13. The highest BCUT2D eigenvalue weighted by atomic mass is 19.1. The minimum Gasteiger partial charge on any atom is -0.384 e. The molecule has 1 aromatic carbocycles. The van der Waals surface area contributed by atoms with Crippen LogP contribution in [0.4, 0.5) is 16.0 Å². The Morgan fingerprint density at radius 2 is 2.04 bits per heavy atom. The highest BCUT2D eigenvalue weighted by molar-refractivity contribution is 6.36. The molecule has 0 spiro atoms. The number of aromatic nitrogens is 4. The first kappa shape index (κ1) is 16.1. The van der Waals surface area contributed by atoms with Crippen LogP contribution in [0.2, 0.25) is 0 Å². The SMILES string of the molecule is Bc1cnn2c(NCc3ccnc(N)c3)cc(-c3ccccc3F)nc12. The number of rotatable bonds is 4. The van der Waals surface area contributed by atoms with E-state index < -0.39 is 0 Å². The molecule has 0 unspecified atom stereocenters. The van der Waals surface area contributed by atoms with Crippen LogP contribution in [-0.2, 0) is 6.54 Å². The molecule has 3 heterocycles. The number of anilines is 2. The Balaban J connectivity index is 1.77. The standard InChI is InChI=1S/C18H16BFN6/c19-13-10-24-26-17(23-9-11-5-6-22-16(21)7-11)8-15(25-18(13)26)12-3-1-2-4-14(12)20/h1-8,10,23H,9,19H2,(H2,21,22). The number of nitrogens with zero attached hydrogens (tertiary/aromatic N) is 4. The van der Waals surface area contributed by atoms with E-state index in [2.05, 4.69) is 20.4 Å². The van der Waals surface area contributed by atoms with E-state index >= 15 is 0 Å². The molecule has 0 aliphatic heterocycles. The summed E-state index contributed by atoms with van der Waals surface area (Å²) in [5.41, 5.74) is 9.32. The zero-order chi connectivity index (χ0) is 18.1. The van der Waals surface area contributed by atoms with Crippen molar-refractivity contribution in [3.63, 3.8) is 0 Å². The van der Waals surface area contributed by atoms with E-state index in [1.165, 1.54) is 6.07 Å². The number of benzene rings is 1. The summed E-state index contributed by atoms with van der Waals surface area (Å²) in [7, 11) is 1.92. The molecule has 0 fully saturated rings. The van der Waals surface area contributed by atoms with Gasteiger partial charge in [0.05, 0.1) is 5.69 Å². The number of halogens is 1. The van der Waals surface area contributed by atoms with Gasteiger partial charge in [-0.1, -0.05) is 12.1 Å². The summed E-state index contributed by atoms with van der Waals surface area (Å²) in [6.07, 6.45) is 3.40. The molecule has 6 nitrogen and oxygen atoms in total. The third-order valence-corrected chi connectivity index (χ3v) is 4.12. The van der Waals surface area contributed by atoms with Gasteiger partial charge in [-0.25, -0.2) is 14.4 Å². The molecule has 26 heavy (non-hydrogen) atoms. The lowest BCUT2D eigenvalue weighted by molar-refractivity contribution is 0.630. The van der Waals surface area contributed by atoms with Crippen LogP contribution in [0.25, 0.3) is 16.9 Å². The van der Waals surface area contributed by atoms with Crippen LogP contribution in [0, 0.1) is 5.82 Å². The van der Waals surface area contributed by atoms with E-state index in [1.54, 1.807) is 47.2 Å². The van der Waals surface area contributed by atoms with Crippen molar-refractivity contribution in [3.05, 3.63) is 66.2 Å². The quantitative estimate of drug-likeness (QED) is 0.546. The van der Waals surface area contributed by atoms with Gasteiger partial charge in [-0.05, 0) is 35.3 Å². The number of nitrogens with one attached hydrogen (secondary N) is 1. The zero-order valence-electron chi connectivity index (χ0n) is 14.1. The lowest BCUT2D eigenvalue weighted by atomic mass is 10.0. The Bertz CT molecular complexity index is 1090. The summed E-state index contributed by atoms with van der Waals surface area (Å²) in [4.78, 5) is 8.58. The highest BCUT2D eigenvalue weighted by Crippen LogP contribution is 2.24. The molecule has 0 radical (unpaired) electrons. The average Bonchev–Trinajstić information content (AvgIpc) is 3.01. The minimum absolute atomic E-state index is 0.311. The van der Waals surface area contributed by atoms with Gasteiger partial charge in [0.1, 0.15) is 25.3 Å². The van der Waals surface area contributed by atoms with Crippen molar-refractivity contribution in [2.75, 3.05) is 11.1 Å². The number of pyridine rings is 1. The topological polar surface area (TPSA) is 81.1 Å². The first-order valence-corrected chi connectivity index (χ1v) is 8.16. The van der Waals surface area contributed by atoms with Crippen molar-refractivity contribution < 1.29 is 4.39 Å². The molecule has 3 N–H and O–H groups in total. The monoisotopic (exact) mass is 346 g/mol. The van der Waals surface area contributed by atoms with Crippen LogP contribution in [0.5, 0.6) is 0 Å². The summed E-state index contributed by atoms with van der Waals surface area (Å²) in [5.74, 6) is 0.872. The molecule has 3 aromatic heterocycles. The van der Waals surface area contributed by atoms with Crippen molar-refractivity contribution in [1.29, 1.82) is 0 Å². The number of hydrogen-bond donors (Lipinski definition) is 2. The Hall–Kier alpha value is -3.42. The fourth-order valence-corrected chi connectivity index (χ4v) is 2.80. The molecule has 0 aliphatic rings. The summed E-state index contributed by atoms with van der Waals surface area (Å²) in [6.45, 7) is 0.529. The molecule has 4 aromatic rings. The third-order valence-electron chi connectivity index (χ3n) is 4.12. The van der Waals surface area contributed by atoms with Gasteiger partial charge >= 0.3 is 0 Å². The van der Waals surface area contributed by atoms with Crippen LogP contribution >= 0.6 is 0 Å². The number of nitrogens with two attached hydrogens (primary N) is 1. The van der Waals surface area contributed by atoms with Crippen molar-refractivity contribution in [2.24, 2.45) is 0 Å². The molecule has 0 aliphatic carbocycles. The Morgan fingerprint density at radius 3 is 2.85 bits per heavy atom. The van der Waals surface area contributed by atoms with Crippen LogP contribution in [-0.4, -0.2) is 27.4 Å². The largest absolute Gasteiger partial charge is 0.384 e. The molecule has 0 atom stereocenters. The van der Waals surface area contributed by atoms with Gasteiger partial charge in [-0.15, -0.1) is 0 Å². The van der Waals surface area contributed by atoms with E-state index in [4.69, 9.17) is 5.73 Å². The molecular weight excluding hydrogens is 330 g/mol. The van der Waals surface area contributed by atoms with E-state index in [1.807, 2.05) is 13.9 Å². The van der Waals surface area contributed by atoms with E-state index in [9.17, 15) is 4.39 Å². The predicted molar refractivity (Wildman–Crippen MR) is 103 cm³/mol. The van der Waals surface area contributed by atoms with Gasteiger partial charge in [0, 0.05) is 30.6 Å². The molecule has 0 amide bonds. The van der Waals surface area contributed by atoms with Crippen molar-refractivity contribution in [3.8, 4) is 11.3 Å². The Morgan fingerprint density at radius 1 is 1.19 bits per heavy atom. The second kappa shape index (κ2) is 6.47. The van der Waals surface area contributed by atoms with Gasteiger partial charge in [0.15, 0.2) is 5.65 Å². The maximum atomic E-state index is 14.2. The van der Waals surface area contributed by atoms with Crippen molar-refractivity contribution >= 4 is 30.6 Å². The summed E-state index contributed by atoms with van der Waals surface area (Å²) >= 11 is 0. The van der Waals surface area contributed by atoms with Gasteiger partial charge in [0.25, 0.3) is 0 Å². The van der Waals surface area contributed by atoms with Crippen LogP contribution in [0.15, 0.2) is 54.9 Å². The van der Waals surface area contributed by atoms with Gasteiger partial charge in [-0.3, -0.25) is 0 Å². The molecule has 128 valence electrons. The molecule has 4 rings (SSSR count). The second-order valence-electron chi connectivity index (χ2n) is 6.01. The number of hydrogen-bond acceptors (Lipinski definition) is 5. The van der Waals surface area contributed by atoms with E-state index in [-0.39, 0.29) is 5.82 Å². The van der Waals surface area contributed by atoms with E-state index in [0.717, 1.165) is 16.8 Å². The maximum absolute atomic E-state index is 14.2. The lowest BCUT2D eigenvalue weighted by Crippen LogP contribution is -2.10. The first-order chi connectivity index (χ1) is 12.6. The Labute approximate surface area is 150 Å². The average molecular weight is 346 g/mol. The van der Waals surface area contributed by atoms with Gasteiger partial charge < -0.3 is 11.1 Å². The zero-order valence-corrected chi connectivity index (χ0v) is 14.1. The van der Waals surface area contributed by atoms with Gasteiger partial charge in [0.2, 0.25) is 0 Å². The summed E-state index contributed by atoms with van der Waals surface area (Å²) in [5, 5.41) is 7.69. The second-order valence-corrected chi connectivity index (χ2v) is 6.01. The van der Waals surface area contributed by atoms with Crippen LogP contribution in [0.3, 0.4) is 0 Å². The first-order valence-electron chi connectivity index (χ1n) is 8.16. The van der Waals surface area contributed by atoms with E-state index in [0.29, 0.717) is 29.3 Å². The normalized spacial score (nSPS) is 11.0. The Kier molecular flexibility index (Phi) is 4.00. The summed E-state index contributed by atoms with van der Waals surface area (Å²) < 4.78 is 15.9. The third kappa shape index (κ3) is 2.97. The maximum Gasteiger partial charge on any atom is 0.151 e. The minimum atomic E-state index is -0.311. The molecule has 0 bridgehead atoms. The molecule has 0 saturated carbocycles. The smallest absolute Gasteiger partial charge is 0.151 e. The number of nitrogen functional groups attached to an aromatic ring is 1. The fourth-order valence-electron chi connectivity index (χ4n) is 2.80. The predicted octanol–water partition coefficient (Wildman–Crippen LogP) is 1.38. The van der Waals surface area contributed by atoms with Crippen LogP contribution in [0.1, 0.15) is 5.56 Å².